The maximum absolute atomic E-state index is 13.3. The number of nitrogens with zero attached hydrogens (tertiary/aromatic N) is 1. The third-order valence-corrected chi connectivity index (χ3v) is 2.02. The Labute approximate surface area is 83.7 Å². The summed E-state index contributed by atoms with van der Waals surface area (Å²) in [7, 11) is 0. The molecule has 2 nitrogen and oxygen atoms in total. The number of aryl methyl sites for hydroxylation is 1. The summed E-state index contributed by atoms with van der Waals surface area (Å²) in [6.07, 6.45) is 0. The quantitative estimate of drug-likeness (QED) is 0.570. The largest absolute Gasteiger partial charge is 0.387 e. The van der Waals surface area contributed by atoms with Gasteiger partial charge in [0.05, 0.1) is 0 Å². The molecule has 0 atom stereocenters. The highest BCUT2D eigenvalue weighted by Crippen LogP contribution is 2.22. The van der Waals surface area contributed by atoms with Gasteiger partial charge in [-0.15, -0.1) is 0 Å². The molecule has 0 amide bonds. The number of benzene rings is 1. The predicted molar refractivity (Wildman–Crippen MR) is 57.3 cm³/mol. The topological polar surface area (TPSA) is 38.4 Å². The lowest BCUT2D eigenvalue weighted by Crippen LogP contribution is -2.18. The summed E-state index contributed by atoms with van der Waals surface area (Å²) in [5.74, 6) is 0.265. The van der Waals surface area contributed by atoms with Crippen LogP contribution in [-0.4, -0.2) is 5.84 Å². The summed E-state index contributed by atoms with van der Waals surface area (Å²) in [4.78, 5) is 4.08. The fraction of sp³-hybridized carbons (Fsp3) is 0.364. The van der Waals surface area contributed by atoms with Crippen molar-refractivity contribution in [3.63, 3.8) is 0 Å². The number of nitrogens with two attached hydrogens (primary N) is 1. The van der Waals surface area contributed by atoms with Crippen LogP contribution in [0.5, 0.6) is 0 Å². The molecule has 0 aliphatic rings. The van der Waals surface area contributed by atoms with Crippen molar-refractivity contribution in [3.05, 3.63) is 29.6 Å². The Morgan fingerprint density at radius 1 is 1.43 bits per heavy atom. The highest BCUT2D eigenvalue weighted by atomic mass is 19.1. The third-order valence-electron chi connectivity index (χ3n) is 2.02. The molecule has 0 aliphatic carbocycles. The van der Waals surface area contributed by atoms with Gasteiger partial charge in [-0.1, -0.05) is 26.0 Å². The molecule has 0 spiro atoms. The van der Waals surface area contributed by atoms with Gasteiger partial charge < -0.3 is 5.73 Å². The van der Waals surface area contributed by atoms with Gasteiger partial charge in [0.1, 0.15) is 17.3 Å². The van der Waals surface area contributed by atoms with Crippen molar-refractivity contribution in [1.29, 1.82) is 0 Å². The summed E-state index contributed by atoms with van der Waals surface area (Å²) in [5, 5.41) is 0. The van der Waals surface area contributed by atoms with Crippen molar-refractivity contribution >= 4 is 11.5 Å². The minimum Gasteiger partial charge on any atom is -0.387 e. The number of rotatable bonds is 2. The number of hydrogen-bond acceptors (Lipinski definition) is 1. The van der Waals surface area contributed by atoms with E-state index in [-0.39, 0.29) is 11.7 Å². The molecule has 76 valence electrons. The Morgan fingerprint density at radius 3 is 2.57 bits per heavy atom. The molecule has 0 saturated carbocycles. The second kappa shape index (κ2) is 4.22. The van der Waals surface area contributed by atoms with Crippen LogP contribution in [0.2, 0.25) is 0 Å². The van der Waals surface area contributed by atoms with Gasteiger partial charge in [0.2, 0.25) is 0 Å². The summed E-state index contributed by atoms with van der Waals surface area (Å²) in [6.45, 7) is 5.67. The Kier molecular flexibility index (Phi) is 3.23. The molecular formula is C11H15FN2. The maximum atomic E-state index is 13.3. The number of aliphatic imine (C=N–C) groups is 1. The number of halogens is 1. The molecule has 0 fully saturated rings. The first-order valence-corrected chi connectivity index (χ1v) is 4.61. The first-order valence-electron chi connectivity index (χ1n) is 4.61. The fourth-order valence-corrected chi connectivity index (χ4v) is 1.02. The van der Waals surface area contributed by atoms with E-state index in [1.165, 1.54) is 6.07 Å². The summed E-state index contributed by atoms with van der Waals surface area (Å²) < 4.78 is 13.3. The van der Waals surface area contributed by atoms with E-state index in [1.54, 1.807) is 6.07 Å². The van der Waals surface area contributed by atoms with E-state index in [2.05, 4.69) is 4.99 Å². The van der Waals surface area contributed by atoms with Crippen molar-refractivity contribution < 1.29 is 4.39 Å². The van der Waals surface area contributed by atoms with Crippen LogP contribution < -0.4 is 5.73 Å². The first kappa shape index (κ1) is 10.7. The second-order valence-electron chi connectivity index (χ2n) is 3.60. The number of para-hydroxylation sites is 1. The Morgan fingerprint density at radius 2 is 2.07 bits per heavy atom. The van der Waals surface area contributed by atoms with Crippen LogP contribution in [-0.2, 0) is 0 Å². The third kappa shape index (κ3) is 2.31. The molecule has 2 N–H and O–H groups in total. The molecule has 0 radical (unpaired) electrons. The van der Waals surface area contributed by atoms with E-state index in [1.807, 2.05) is 26.8 Å². The van der Waals surface area contributed by atoms with E-state index in [0.29, 0.717) is 11.5 Å². The van der Waals surface area contributed by atoms with Gasteiger partial charge in [0.25, 0.3) is 0 Å². The first-order chi connectivity index (χ1) is 6.52. The molecule has 14 heavy (non-hydrogen) atoms. The molecule has 0 saturated heterocycles. The number of hydrogen-bond donors (Lipinski definition) is 1. The van der Waals surface area contributed by atoms with Crippen LogP contribution in [0, 0.1) is 18.7 Å². The molecule has 0 aromatic heterocycles. The minimum atomic E-state index is -0.325. The predicted octanol–water partition coefficient (Wildman–Crippen LogP) is 2.78. The van der Waals surface area contributed by atoms with Crippen LogP contribution in [0.25, 0.3) is 0 Å². The average Bonchev–Trinajstić information content (AvgIpc) is 2.11. The van der Waals surface area contributed by atoms with Crippen LogP contribution in [0.4, 0.5) is 10.1 Å². The monoisotopic (exact) mass is 194 g/mol. The Bertz CT molecular complexity index is 336. The lowest BCUT2D eigenvalue weighted by molar-refractivity contribution is 0.628. The lowest BCUT2D eigenvalue weighted by Gasteiger charge is -2.06. The summed E-state index contributed by atoms with van der Waals surface area (Å²) in [5.41, 5.74) is 6.82. The lowest BCUT2D eigenvalue weighted by atomic mass is 10.1. The van der Waals surface area contributed by atoms with Gasteiger partial charge in [-0.05, 0) is 18.6 Å². The maximum Gasteiger partial charge on any atom is 0.149 e. The fourth-order valence-electron chi connectivity index (χ4n) is 1.02. The highest BCUT2D eigenvalue weighted by Gasteiger charge is 2.06. The average molecular weight is 194 g/mol. The molecule has 1 aromatic carbocycles. The van der Waals surface area contributed by atoms with Gasteiger partial charge in [0, 0.05) is 5.92 Å². The zero-order valence-electron chi connectivity index (χ0n) is 8.71. The van der Waals surface area contributed by atoms with Crippen LogP contribution in [0.3, 0.4) is 0 Å². The molecule has 0 heterocycles. The van der Waals surface area contributed by atoms with Gasteiger partial charge >= 0.3 is 0 Å². The van der Waals surface area contributed by atoms with Crippen molar-refractivity contribution in [1.82, 2.24) is 0 Å². The normalized spacial score (nSPS) is 12.2. The molecule has 0 aliphatic heterocycles. The van der Waals surface area contributed by atoms with Gasteiger partial charge in [0.15, 0.2) is 0 Å². The van der Waals surface area contributed by atoms with E-state index in [9.17, 15) is 4.39 Å². The molecule has 1 rings (SSSR count). The Hall–Kier alpha value is -1.38. The zero-order valence-corrected chi connectivity index (χ0v) is 8.71. The van der Waals surface area contributed by atoms with E-state index in [4.69, 9.17) is 5.73 Å². The van der Waals surface area contributed by atoms with Gasteiger partial charge in [-0.3, -0.25) is 0 Å². The standard InChI is InChI=1S/C11H15FN2/c1-7(2)11(13)14-10-8(3)5-4-6-9(10)12/h4-7H,1-3H3,(H2,13,14). The second-order valence-corrected chi connectivity index (χ2v) is 3.60. The molecule has 3 heteroatoms. The van der Waals surface area contributed by atoms with Crippen LogP contribution in [0.1, 0.15) is 19.4 Å². The zero-order chi connectivity index (χ0) is 10.7. The van der Waals surface area contributed by atoms with Crippen LogP contribution in [0.15, 0.2) is 23.2 Å². The molecule has 0 bridgehead atoms. The Balaban J connectivity index is 3.14. The van der Waals surface area contributed by atoms with E-state index < -0.39 is 0 Å². The molecule has 0 unspecified atom stereocenters. The van der Waals surface area contributed by atoms with E-state index in [0.717, 1.165) is 5.56 Å². The van der Waals surface area contributed by atoms with Crippen molar-refractivity contribution in [2.75, 3.05) is 0 Å². The molecular weight excluding hydrogens is 179 g/mol. The summed E-state index contributed by atoms with van der Waals surface area (Å²) in [6, 6.07) is 4.87. The van der Waals surface area contributed by atoms with Crippen molar-refractivity contribution in [3.8, 4) is 0 Å². The summed E-state index contributed by atoms with van der Waals surface area (Å²) >= 11 is 0. The van der Waals surface area contributed by atoms with E-state index >= 15 is 0 Å². The molecule has 1 aromatic rings. The highest BCUT2D eigenvalue weighted by molar-refractivity contribution is 5.85. The van der Waals surface area contributed by atoms with Crippen molar-refractivity contribution in [2.45, 2.75) is 20.8 Å². The SMILES string of the molecule is Cc1cccc(F)c1N=C(N)C(C)C. The van der Waals surface area contributed by atoms with Gasteiger partial charge in [-0.2, -0.15) is 0 Å². The minimum absolute atomic E-state index is 0.133. The smallest absolute Gasteiger partial charge is 0.149 e. The van der Waals surface area contributed by atoms with Crippen molar-refractivity contribution in [2.24, 2.45) is 16.6 Å². The van der Waals surface area contributed by atoms with Crippen LogP contribution >= 0.6 is 0 Å². The number of amidine groups is 1. The van der Waals surface area contributed by atoms with Gasteiger partial charge in [-0.25, -0.2) is 9.38 Å².